The normalized spacial score (nSPS) is 15.9. The molecule has 1 aliphatic rings. The molecule has 92 valence electrons. The third-order valence-corrected chi connectivity index (χ3v) is 3.26. The molecule has 0 radical (unpaired) electrons. The van der Waals surface area contributed by atoms with Crippen molar-refractivity contribution in [1.29, 1.82) is 0 Å². The maximum Gasteiger partial charge on any atom is 0.227 e. The number of aryl methyl sites for hydroxylation is 1. The van der Waals surface area contributed by atoms with Crippen LogP contribution in [-0.2, 0) is 17.6 Å². The molecule has 1 aliphatic heterocycles. The van der Waals surface area contributed by atoms with Crippen LogP contribution < -0.4 is 5.32 Å². The lowest BCUT2D eigenvalue weighted by Crippen LogP contribution is -2.46. The number of carbonyl (C=O) groups is 1. The minimum absolute atomic E-state index is 0.246. The Hall–Kier alpha value is -1.35. The molecule has 1 fully saturated rings. The van der Waals surface area contributed by atoms with Crippen molar-refractivity contribution in [2.75, 3.05) is 26.2 Å². The lowest BCUT2D eigenvalue weighted by molar-refractivity contribution is -0.131. The molecule has 0 unspecified atom stereocenters. The molecule has 0 aliphatic carbocycles. The predicted molar refractivity (Wildman–Crippen MR) is 69.0 cm³/mol. The lowest BCUT2D eigenvalue weighted by atomic mass is 10.1. The largest absolute Gasteiger partial charge is 0.340 e. The van der Waals surface area contributed by atoms with Crippen LogP contribution in [-0.4, -0.2) is 37.0 Å². The van der Waals surface area contributed by atoms with E-state index in [1.165, 1.54) is 5.56 Å². The summed E-state index contributed by atoms with van der Waals surface area (Å²) in [7, 11) is 0. The Labute approximate surface area is 103 Å². The van der Waals surface area contributed by atoms with Gasteiger partial charge in [-0.25, -0.2) is 0 Å². The van der Waals surface area contributed by atoms with Gasteiger partial charge in [0, 0.05) is 26.2 Å². The van der Waals surface area contributed by atoms with Crippen LogP contribution in [0.1, 0.15) is 18.1 Å². The van der Waals surface area contributed by atoms with E-state index in [4.69, 9.17) is 0 Å². The van der Waals surface area contributed by atoms with Crippen LogP contribution in [0, 0.1) is 0 Å². The van der Waals surface area contributed by atoms with Crippen molar-refractivity contribution in [3.05, 3.63) is 35.4 Å². The van der Waals surface area contributed by atoms with Gasteiger partial charge in [0.2, 0.25) is 5.91 Å². The fourth-order valence-corrected chi connectivity index (χ4v) is 2.09. The molecule has 0 saturated carbocycles. The highest BCUT2D eigenvalue weighted by Crippen LogP contribution is 2.07. The van der Waals surface area contributed by atoms with Crippen LogP contribution in [0.3, 0.4) is 0 Å². The molecular weight excluding hydrogens is 212 g/mol. The molecule has 0 bridgehead atoms. The SMILES string of the molecule is CCc1ccc(CC(=O)N2CCNCC2)cc1. The molecule has 0 aromatic heterocycles. The molecule has 1 N–H and O–H groups in total. The average molecular weight is 232 g/mol. The first-order valence-corrected chi connectivity index (χ1v) is 6.36. The van der Waals surface area contributed by atoms with Gasteiger partial charge in [-0.05, 0) is 17.5 Å². The number of hydrogen-bond donors (Lipinski definition) is 1. The van der Waals surface area contributed by atoms with Gasteiger partial charge in [-0.1, -0.05) is 31.2 Å². The van der Waals surface area contributed by atoms with Crippen LogP contribution in [0.15, 0.2) is 24.3 Å². The molecule has 1 saturated heterocycles. The molecule has 17 heavy (non-hydrogen) atoms. The third-order valence-electron chi connectivity index (χ3n) is 3.26. The van der Waals surface area contributed by atoms with Crippen LogP contribution in [0.5, 0.6) is 0 Å². The first-order chi connectivity index (χ1) is 8.29. The number of benzene rings is 1. The summed E-state index contributed by atoms with van der Waals surface area (Å²) in [6.45, 7) is 5.65. The molecule has 1 aromatic carbocycles. The van der Waals surface area contributed by atoms with Gasteiger partial charge in [0.05, 0.1) is 6.42 Å². The Bertz CT molecular complexity index is 366. The summed E-state index contributed by atoms with van der Waals surface area (Å²) in [4.78, 5) is 14.0. The van der Waals surface area contributed by atoms with Crippen molar-refractivity contribution < 1.29 is 4.79 Å². The molecule has 2 rings (SSSR count). The van der Waals surface area contributed by atoms with E-state index in [1.54, 1.807) is 0 Å². The van der Waals surface area contributed by atoms with Gasteiger partial charge in [-0.15, -0.1) is 0 Å². The number of hydrogen-bond acceptors (Lipinski definition) is 2. The zero-order chi connectivity index (χ0) is 12.1. The first kappa shape index (κ1) is 12.1. The predicted octanol–water partition coefficient (Wildman–Crippen LogP) is 1.22. The fraction of sp³-hybridized carbons (Fsp3) is 0.500. The van der Waals surface area contributed by atoms with Crippen molar-refractivity contribution in [3.8, 4) is 0 Å². The summed E-state index contributed by atoms with van der Waals surface area (Å²) in [5.74, 6) is 0.246. The Morgan fingerprint density at radius 1 is 1.18 bits per heavy atom. The van der Waals surface area contributed by atoms with Crippen molar-refractivity contribution in [2.45, 2.75) is 19.8 Å². The maximum atomic E-state index is 12.0. The number of rotatable bonds is 3. The average Bonchev–Trinajstić information content (AvgIpc) is 2.40. The zero-order valence-electron chi connectivity index (χ0n) is 10.4. The minimum Gasteiger partial charge on any atom is -0.340 e. The van der Waals surface area contributed by atoms with Crippen LogP contribution in [0.4, 0.5) is 0 Å². The summed E-state index contributed by atoms with van der Waals surface area (Å²) in [5, 5.41) is 3.25. The fourth-order valence-electron chi connectivity index (χ4n) is 2.09. The lowest BCUT2D eigenvalue weighted by Gasteiger charge is -2.27. The summed E-state index contributed by atoms with van der Waals surface area (Å²) < 4.78 is 0. The Morgan fingerprint density at radius 3 is 2.35 bits per heavy atom. The van der Waals surface area contributed by atoms with E-state index in [-0.39, 0.29) is 5.91 Å². The van der Waals surface area contributed by atoms with Gasteiger partial charge in [-0.2, -0.15) is 0 Å². The van der Waals surface area contributed by atoms with E-state index in [9.17, 15) is 4.79 Å². The monoisotopic (exact) mass is 232 g/mol. The van der Waals surface area contributed by atoms with Gasteiger partial charge in [0.1, 0.15) is 0 Å². The second-order valence-electron chi connectivity index (χ2n) is 4.48. The molecule has 0 spiro atoms. The second kappa shape index (κ2) is 5.82. The molecule has 3 nitrogen and oxygen atoms in total. The standard InChI is InChI=1S/C14H20N2O/c1-2-12-3-5-13(6-4-12)11-14(17)16-9-7-15-8-10-16/h3-6,15H,2,7-11H2,1H3. The van der Waals surface area contributed by atoms with Crippen LogP contribution >= 0.6 is 0 Å². The van der Waals surface area contributed by atoms with Crippen molar-refractivity contribution >= 4 is 5.91 Å². The minimum atomic E-state index is 0.246. The maximum absolute atomic E-state index is 12.0. The molecule has 1 aromatic rings. The Morgan fingerprint density at radius 2 is 1.76 bits per heavy atom. The quantitative estimate of drug-likeness (QED) is 0.850. The highest BCUT2D eigenvalue weighted by atomic mass is 16.2. The van der Waals surface area contributed by atoms with E-state index in [1.807, 2.05) is 4.90 Å². The smallest absolute Gasteiger partial charge is 0.227 e. The third kappa shape index (κ3) is 3.30. The van der Waals surface area contributed by atoms with E-state index in [0.717, 1.165) is 38.2 Å². The summed E-state index contributed by atoms with van der Waals surface area (Å²) in [5.41, 5.74) is 2.44. The van der Waals surface area contributed by atoms with Crippen molar-refractivity contribution in [1.82, 2.24) is 10.2 Å². The highest BCUT2D eigenvalue weighted by Gasteiger charge is 2.15. The number of nitrogens with zero attached hydrogens (tertiary/aromatic N) is 1. The Balaban J connectivity index is 1.92. The Kier molecular flexibility index (Phi) is 4.15. The van der Waals surface area contributed by atoms with Gasteiger partial charge >= 0.3 is 0 Å². The van der Waals surface area contributed by atoms with Crippen LogP contribution in [0.2, 0.25) is 0 Å². The topological polar surface area (TPSA) is 32.3 Å². The number of carbonyl (C=O) groups excluding carboxylic acids is 1. The summed E-state index contributed by atoms with van der Waals surface area (Å²) in [6, 6.07) is 8.36. The molecule has 1 heterocycles. The van der Waals surface area contributed by atoms with Gasteiger partial charge < -0.3 is 10.2 Å². The number of piperazine rings is 1. The molecule has 0 atom stereocenters. The van der Waals surface area contributed by atoms with Gasteiger partial charge in [-0.3, -0.25) is 4.79 Å². The second-order valence-corrected chi connectivity index (χ2v) is 4.48. The molecule has 1 amide bonds. The van der Waals surface area contributed by atoms with E-state index in [0.29, 0.717) is 6.42 Å². The zero-order valence-corrected chi connectivity index (χ0v) is 10.4. The van der Waals surface area contributed by atoms with Crippen LogP contribution in [0.25, 0.3) is 0 Å². The number of amides is 1. The van der Waals surface area contributed by atoms with Crippen molar-refractivity contribution in [3.63, 3.8) is 0 Å². The van der Waals surface area contributed by atoms with Gasteiger partial charge in [0.25, 0.3) is 0 Å². The van der Waals surface area contributed by atoms with Gasteiger partial charge in [0.15, 0.2) is 0 Å². The number of nitrogens with one attached hydrogen (secondary N) is 1. The highest BCUT2D eigenvalue weighted by molar-refractivity contribution is 5.78. The van der Waals surface area contributed by atoms with E-state index < -0.39 is 0 Å². The summed E-state index contributed by atoms with van der Waals surface area (Å²) >= 11 is 0. The first-order valence-electron chi connectivity index (χ1n) is 6.36. The molecular formula is C14H20N2O. The molecule has 3 heteroatoms. The van der Waals surface area contributed by atoms with E-state index in [2.05, 4.69) is 36.5 Å². The van der Waals surface area contributed by atoms with Crippen molar-refractivity contribution in [2.24, 2.45) is 0 Å². The van der Waals surface area contributed by atoms with E-state index >= 15 is 0 Å². The summed E-state index contributed by atoms with van der Waals surface area (Å²) in [6.07, 6.45) is 1.58.